The van der Waals surface area contributed by atoms with Crippen LogP contribution >= 0.6 is 0 Å². The number of carbonyl (C=O) groups excluding carboxylic acids is 1. The molecule has 1 aromatic heterocycles. The van der Waals surface area contributed by atoms with Crippen LogP contribution in [0.25, 0.3) is 0 Å². The van der Waals surface area contributed by atoms with Gasteiger partial charge in [0.2, 0.25) is 0 Å². The fourth-order valence-electron chi connectivity index (χ4n) is 6.22. The molecule has 6 rings (SSSR count). The Morgan fingerprint density at radius 3 is 2.02 bits per heavy atom. The topological polar surface area (TPSA) is 134 Å². The number of nitrogens with one attached hydrogen (secondary N) is 1. The molecule has 1 amide bonds. The van der Waals surface area contributed by atoms with Gasteiger partial charge in [-0.2, -0.15) is 10.2 Å². The largest absolute Gasteiger partial charge is 0.497 e. The van der Waals surface area contributed by atoms with Crippen molar-refractivity contribution < 1.29 is 28.5 Å². The highest BCUT2D eigenvalue weighted by Crippen LogP contribution is 2.43. The lowest BCUT2D eigenvalue weighted by molar-refractivity contribution is -0.108. The quantitative estimate of drug-likeness (QED) is 0.146. The predicted octanol–water partition coefficient (Wildman–Crippen LogP) is 6.11. The van der Waals surface area contributed by atoms with Gasteiger partial charge < -0.3 is 29.0 Å². The molecule has 5 aromatic rings. The molecule has 4 atom stereocenters. The molecule has 0 radical (unpaired) electrons. The molecule has 11 nitrogen and oxygen atoms in total. The Hall–Kier alpha value is -5.80. The van der Waals surface area contributed by atoms with E-state index in [0.717, 1.165) is 16.7 Å². The lowest BCUT2D eigenvalue weighted by atomic mass is 9.80. The minimum atomic E-state index is -1.12. The summed E-state index contributed by atoms with van der Waals surface area (Å²) in [4.78, 5) is 30.0. The summed E-state index contributed by atoms with van der Waals surface area (Å²) in [6.07, 6.45) is -1.03. The molecule has 4 aromatic carbocycles. The second-order valence-electron chi connectivity index (χ2n) is 11.9. The van der Waals surface area contributed by atoms with E-state index < -0.39 is 35.8 Å². The molecule has 2 unspecified atom stereocenters. The Morgan fingerprint density at radius 2 is 1.47 bits per heavy atom. The van der Waals surface area contributed by atoms with Crippen LogP contribution in [0.1, 0.15) is 46.6 Å². The van der Waals surface area contributed by atoms with Gasteiger partial charge in [-0.3, -0.25) is 9.36 Å². The van der Waals surface area contributed by atoms with Crippen molar-refractivity contribution in [1.29, 1.82) is 5.26 Å². The van der Waals surface area contributed by atoms with Crippen molar-refractivity contribution in [3.05, 3.63) is 154 Å². The molecule has 1 saturated heterocycles. The summed E-state index contributed by atoms with van der Waals surface area (Å²) in [5, 5.41) is 12.3. The zero-order chi connectivity index (χ0) is 35.8. The van der Waals surface area contributed by atoms with Gasteiger partial charge in [-0.05, 0) is 66.1 Å². The van der Waals surface area contributed by atoms with Gasteiger partial charge in [0.1, 0.15) is 41.4 Å². The fraction of sp³-hybridized carbons (Fsp3) is 0.250. The summed E-state index contributed by atoms with van der Waals surface area (Å²) in [5.74, 6) is 1.12. The highest BCUT2D eigenvalue weighted by atomic mass is 16.6. The molecular formula is C40H38N4O7. The Balaban J connectivity index is 1.32. The molecule has 1 fully saturated rings. The summed E-state index contributed by atoms with van der Waals surface area (Å²) in [6, 6.07) is 37.5. The van der Waals surface area contributed by atoms with E-state index in [2.05, 4.69) is 16.4 Å². The van der Waals surface area contributed by atoms with Crippen LogP contribution in [0.3, 0.4) is 0 Å². The van der Waals surface area contributed by atoms with E-state index in [1.54, 1.807) is 45.4 Å². The average molecular weight is 687 g/mol. The lowest BCUT2D eigenvalue weighted by Gasteiger charge is -2.37. The Morgan fingerprint density at radius 1 is 0.902 bits per heavy atom. The van der Waals surface area contributed by atoms with Crippen LogP contribution in [-0.4, -0.2) is 54.6 Å². The maximum absolute atomic E-state index is 13.3. The number of hydrogen-bond acceptors (Lipinski definition) is 9. The van der Waals surface area contributed by atoms with Crippen LogP contribution in [0.4, 0.5) is 5.82 Å². The van der Waals surface area contributed by atoms with E-state index in [4.69, 9.17) is 23.7 Å². The molecule has 1 aliphatic rings. The van der Waals surface area contributed by atoms with E-state index in [-0.39, 0.29) is 24.8 Å². The van der Waals surface area contributed by atoms with Crippen molar-refractivity contribution >= 4 is 11.7 Å². The number of ether oxygens (including phenoxy) is 5. The van der Waals surface area contributed by atoms with Gasteiger partial charge in [-0.15, -0.1) is 0 Å². The number of nitriles is 1. The number of aromatic nitrogens is 2. The van der Waals surface area contributed by atoms with Crippen LogP contribution in [0.15, 0.2) is 126 Å². The molecule has 1 N–H and O–H groups in total. The molecule has 11 heteroatoms. The summed E-state index contributed by atoms with van der Waals surface area (Å²) in [5.41, 5.74) is 1.24. The van der Waals surface area contributed by atoms with Crippen molar-refractivity contribution in [1.82, 2.24) is 9.55 Å². The number of carbonyl (C=O) groups is 1. The SMILES string of the molecule is COc1ccc(C(OC[C@H]2O[C@@H](n3ccc(NC(=O)c4ccccc4)nc3=O)CC2OC(C)C#N)(c2ccccc2)c2ccc(OC)cc2)cc1. The number of methoxy groups -OCH3 is 2. The molecular weight excluding hydrogens is 648 g/mol. The second-order valence-corrected chi connectivity index (χ2v) is 11.9. The molecule has 51 heavy (non-hydrogen) atoms. The zero-order valence-electron chi connectivity index (χ0n) is 28.5. The maximum atomic E-state index is 13.3. The third-order valence-corrected chi connectivity index (χ3v) is 8.80. The molecule has 0 bridgehead atoms. The number of hydrogen-bond donors (Lipinski definition) is 1. The maximum Gasteiger partial charge on any atom is 0.351 e. The Bertz CT molecular complexity index is 1970. The molecule has 1 aliphatic heterocycles. The van der Waals surface area contributed by atoms with Crippen molar-refractivity contribution in [3.63, 3.8) is 0 Å². The van der Waals surface area contributed by atoms with Crippen molar-refractivity contribution in [3.8, 4) is 17.6 Å². The molecule has 0 saturated carbocycles. The van der Waals surface area contributed by atoms with Gasteiger partial charge in [0, 0.05) is 18.2 Å². The van der Waals surface area contributed by atoms with E-state index >= 15 is 0 Å². The van der Waals surface area contributed by atoms with Crippen LogP contribution < -0.4 is 20.5 Å². The minimum absolute atomic E-state index is 0.0274. The monoisotopic (exact) mass is 686 g/mol. The van der Waals surface area contributed by atoms with Crippen molar-refractivity contribution in [2.75, 3.05) is 26.1 Å². The third kappa shape index (κ3) is 7.69. The van der Waals surface area contributed by atoms with Gasteiger partial charge >= 0.3 is 5.69 Å². The van der Waals surface area contributed by atoms with Crippen molar-refractivity contribution in [2.24, 2.45) is 0 Å². The standard InChI is InChI=1S/C40H38N4O7/c1-27(25-41)50-34-24-37(44-23-22-36(43-39(44)46)42-38(45)28-10-6-4-7-11-28)51-35(34)26-49-40(29-12-8-5-9-13-29,30-14-18-32(47-2)19-15-30)31-16-20-33(48-3)21-17-31/h4-23,27,34-35,37H,24,26H2,1-3H3,(H,42,43,45,46)/t27?,34?,35-,37-/m1/s1. The fourth-order valence-corrected chi connectivity index (χ4v) is 6.22. The highest BCUT2D eigenvalue weighted by molar-refractivity contribution is 6.03. The van der Waals surface area contributed by atoms with Crippen molar-refractivity contribution in [2.45, 2.75) is 43.5 Å². The molecule has 0 aliphatic carbocycles. The summed E-state index contributed by atoms with van der Waals surface area (Å²) in [7, 11) is 3.23. The minimum Gasteiger partial charge on any atom is -0.497 e. The normalized spacial score (nSPS) is 17.6. The summed E-state index contributed by atoms with van der Waals surface area (Å²) >= 11 is 0. The molecule has 2 heterocycles. The van der Waals surface area contributed by atoms with Gasteiger partial charge in [0.05, 0.1) is 33.0 Å². The van der Waals surface area contributed by atoms with Crippen LogP contribution in [-0.2, 0) is 19.8 Å². The van der Waals surface area contributed by atoms with Gasteiger partial charge in [0.15, 0.2) is 0 Å². The third-order valence-electron chi connectivity index (χ3n) is 8.80. The van der Waals surface area contributed by atoms with Gasteiger partial charge in [-0.1, -0.05) is 72.8 Å². The first-order chi connectivity index (χ1) is 24.8. The van der Waals surface area contributed by atoms with Crippen LogP contribution in [0.2, 0.25) is 0 Å². The first kappa shape index (κ1) is 35.0. The van der Waals surface area contributed by atoms with E-state index in [0.29, 0.717) is 17.1 Å². The Labute approximate surface area is 296 Å². The number of rotatable bonds is 13. The van der Waals surface area contributed by atoms with Gasteiger partial charge in [0.25, 0.3) is 5.91 Å². The van der Waals surface area contributed by atoms with Gasteiger partial charge in [-0.25, -0.2) is 4.79 Å². The highest BCUT2D eigenvalue weighted by Gasteiger charge is 2.43. The second kappa shape index (κ2) is 15.8. The number of anilines is 1. The zero-order valence-corrected chi connectivity index (χ0v) is 28.5. The molecule has 0 spiro atoms. The smallest absolute Gasteiger partial charge is 0.351 e. The van der Waals surface area contributed by atoms with Crippen LogP contribution in [0, 0.1) is 11.3 Å². The summed E-state index contributed by atoms with van der Waals surface area (Å²) in [6.45, 7) is 1.69. The number of benzene rings is 4. The first-order valence-electron chi connectivity index (χ1n) is 16.5. The van der Waals surface area contributed by atoms with E-state index in [1.807, 2.05) is 84.9 Å². The first-order valence-corrected chi connectivity index (χ1v) is 16.5. The van der Waals surface area contributed by atoms with Crippen LogP contribution in [0.5, 0.6) is 11.5 Å². The lowest BCUT2D eigenvalue weighted by Crippen LogP contribution is -2.39. The summed E-state index contributed by atoms with van der Waals surface area (Å²) < 4.78 is 32.0. The average Bonchev–Trinajstić information content (AvgIpc) is 3.57. The number of nitrogens with zero attached hydrogens (tertiary/aromatic N) is 3. The predicted molar refractivity (Wildman–Crippen MR) is 190 cm³/mol. The van der Waals surface area contributed by atoms with E-state index in [9.17, 15) is 14.9 Å². The van der Waals surface area contributed by atoms with E-state index in [1.165, 1.54) is 16.8 Å². The molecule has 260 valence electrons. The Kier molecular flexibility index (Phi) is 10.9. The number of amides is 1.